The van der Waals surface area contributed by atoms with Crippen LogP contribution in [-0.4, -0.2) is 11.1 Å². The number of nitrogens with two attached hydrogens (primary N) is 1. The van der Waals surface area contributed by atoms with Crippen molar-refractivity contribution in [3.63, 3.8) is 0 Å². The van der Waals surface area contributed by atoms with E-state index < -0.39 is 5.91 Å². The van der Waals surface area contributed by atoms with Crippen molar-refractivity contribution in [1.29, 1.82) is 0 Å². The minimum absolute atomic E-state index is 0.0127. The molecule has 3 aromatic rings. The molecule has 122 valence electrons. The molecule has 0 saturated heterocycles. The van der Waals surface area contributed by atoms with Crippen LogP contribution in [0.15, 0.2) is 53.1 Å². The molecule has 0 spiro atoms. The summed E-state index contributed by atoms with van der Waals surface area (Å²) in [5, 5.41) is 4.91. The molecule has 0 aliphatic heterocycles. The molecule has 3 rings (SSSR count). The molecular weight excluding hydrogens is 351 g/mol. The summed E-state index contributed by atoms with van der Waals surface area (Å²) in [5.74, 6) is -0.00244. The Balaban J connectivity index is 1.71. The molecule has 0 aliphatic rings. The van der Waals surface area contributed by atoms with Crippen LogP contribution >= 0.6 is 23.2 Å². The van der Waals surface area contributed by atoms with Crippen molar-refractivity contribution in [3.05, 3.63) is 69.9 Å². The van der Waals surface area contributed by atoms with E-state index in [2.05, 4.69) is 5.16 Å². The summed E-state index contributed by atoms with van der Waals surface area (Å²) >= 11 is 12.2. The van der Waals surface area contributed by atoms with Crippen LogP contribution in [0, 0.1) is 0 Å². The first-order valence-electron chi connectivity index (χ1n) is 6.97. The maximum Gasteiger partial charge on any atom is 0.287 e. The summed E-state index contributed by atoms with van der Waals surface area (Å²) in [4.78, 5) is 11.0. The third-order valence-electron chi connectivity index (χ3n) is 3.35. The van der Waals surface area contributed by atoms with Gasteiger partial charge in [-0.25, -0.2) is 0 Å². The molecule has 0 fully saturated rings. The number of ether oxygens (including phenoxy) is 1. The average Bonchev–Trinajstić information content (AvgIpc) is 3.05. The summed E-state index contributed by atoms with van der Waals surface area (Å²) in [6.07, 6.45) is 0. The summed E-state index contributed by atoms with van der Waals surface area (Å²) in [6.45, 7) is 0.258. The summed E-state index contributed by atoms with van der Waals surface area (Å²) < 4.78 is 10.6. The molecule has 0 aliphatic carbocycles. The van der Waals surface area contributed by atoms with Gasteiger partial charge in [0.1, 0.15) is 18.1 Å². The molecule has 7 heteroatoms. The number of hydrogen-bond donors (Lipinski definition) is 1. The third-order valence-corrected chi connectivity index (χ3v) is 4.06. The van der Waals surface area contributed by atoms with Crippen LogP contribution in [0.2, 0.25) is 10.0 Å². The number of carbonyl (C=O) groups is 1. The lowest BCUT2D eigenvalue weighted by Crippen LogP contribution is -2.09. The zero-order valence-electron chi connectivity index (χ0n) is 12.3. The maximum atomic E-state index is 11.0. The topological polar surface area (TPSA) is 78.4 Å². The quantitative estimate of drug-likeness (QED) is 0.732. The van der Waals surface area contributed by atoms with E-state index in [0.717, 1.165) is 11.1 Å². The smallest absolute Gasteiger partial charge is 0.287 e. The lowest BCUT2D eigenvalue weighted by atomic mass is 10.1. The van der Waals surface area contributed by atoms with Gasteiger partial charge in [-0.3, -0.25) is 4.79 Å². The highest BCUT2D eigenvalue weighted by molar-refractivity contribution is 6.35. The number of carbonyl (C=O) groups excluding carboxylic acids is 1. The molecule has 0 unspecified atom stereocenters. The predicted octanol–water partition coefficient (Wildman–Crippen LogP) is 4.33. The van der Waals surface area contributed by atoms with E-state index in [1.54, 1.807) is 42.5 Å². The summed E-state index contributed by atoms with van der Waals surface area (Å²) in [6, 6.07) is 13.9. The van der Waals surface area contributed by atoms with Crippen molar-refractivity contribution < 1.29 is 14.1 Å². The van der Waals surface area contributed by atoms with Crippen LogP contribution in [-0.2, 0) is 6.61 Å². The first-order valence-corrected chi connectivity index (χ1v) is 7.73. The van der Waals surface area contributed by atoms with Crippen molar-refractivity contribution in [1.82, 2.24) is 5.16 Å². The lowest BCUT2D eigenvalue weighted by Gasteiger charge is -2.09. The van der Waals surface area contributed by atoms with Crippen LogP contribution in [0.25, 0.3) is 11.3 Å². The zero-order valence-corrected chi connectivity index (χ0v) is 13.8. The molecule has 0 bridgehead atoms. The van der Waals surface area contributed by atoms with Gasteiger partial charge in [0, 0.05) is 27.2 Å². The Labute approximate surface area is 147 Å². The van der Waals surface area contributed by atoms with Gasteiger partial charge in [-0.05, 0) is 36.4 Å². The fourth-order valence-corrected chi connectivity index (χ4v) is 2.58. The number of rotatable bonds is 5. The van der Waals surface area contributed by atoms with E-state index in [1.807, 2.05) is 0 Å². The number of amides is 1. The van der Waals surface area contributed by atoms with Crippen LogP contribution in [0.5, 0.6) is 5.75 Å². The standard InChI is InChI=1S/C17H12Cl2N2O3/c18-13-2-1-3-14(19)12(13)9-23-11-6-4-10(5-7-11)15-8-16(17(20)22)24-21-15/h1-8H,9H2,(H2,20,22). The average molecular weight is 363 g/mol. The number of benzene rings is 2. The Kier molecular flexibility index (Phi) is 4.74. The molecule has 1 heterocycles. The highest BCUT2D eigenvalue weighted by atomic mass is 35.5. The van der Waals surface area contributed by atoms with Crippen molar-refractivity contribution in [2.45, 2.75) is 6.61 Å². The summed E-state index contributed by atoms with van der Waals surface area (Å²) in [7, 11) is 0. The van der Waals surface area contributed by atoms with E-state index in [4.69, 9.17) is 38.2 Å². The normalized spacial score (nSPS) is 10.6. The summed E-state index contributed by atoms with van der Waals surface area (Å²) in [5.41, 5.74) is 7.15. The second kappa shape index (κ2) is 6.95. The number of aromatic nitrogens is 1. The fourth-order valence-electron chi connectivity index (χ4n) is 2.08. The van der Waals surface area contributed by atoms with Gasteiger partial charge in [0.15, 0.2) is 0 Å². The van der Waals surface area contributed by atoms with Gasteiger partial charge in [-0.2, -0.15) is 0 Å². The molecule has 2 aromatic carbocycles. The van der Waals surface area contributed by atoms with Crippen molar-refractivity contribution in [2.75, 3.05) is 0 Å². The highest BCUT2D eigenvalue weighted by Gasteiger charge is 2.11. The first kappa shape index (κ1) is 16.4. The fraction of sp³-hybridized carbons (Fsp3) is 0.0588. The minimum atomic E-state index is -0.662. The number of primary amides is 1. The molecular formula is C17H12Cl2N2O3. The Morgan fingerprint density at radius 3 is 2.38 bits per heavy atom. The van der Waals surface area contributed by atoms with Gasteiger partial charge in [0.2, 0.25) is 5.76 Å². The van der Waals surface area contributed by atoms with Crippen LogP contribution in [0.3, 0.4) is 0 Å². The van der Waals surface area contributed by atoms with Crippen LogP contribution < -0.4 is 10.5 Å². The van der Waals surface area contributed by atoms with Crippen LogP contribution in [0.4, 0.5) is 0 Å². The minimum Gasteiger partial charge on any atom is -0.489 e. The highest BCUT2D eigenvalue weighted by Crippen LogP contribution is 2.27. The predicted molar refractivity (Wildman–Crippen MR) is 91.3 cm³/mol. The largest absolute Gasteiger partial charge is 0.489 e. The van der Waals surface area contributed by atoms with Gasteiger partial charge < -0.3 is 15.0 Å². The molecule has 0 radical (unpaired) electrons. The molecule has 1 amide bonds. The van der Waals surface area contributed by atoms with Crippen molar-refractivity contribution >= 4 is 29.1 Å². The van der Waals surface area contributed by atoms with Gasteiger partial charge in [0.25, 0.3) is 5.91 Å². The Bertz CT molecular complexity index is 856. The SMILES string of the molecule is NC(=O)c1cc(-c2ccc(OCc3c(Cl)cccc3Cl)cc2)no1. The molecule has 1 aromatic heterocycles. The van der Waals surface area contributed by atoms with Gasteiger partial charge in [-0.1, -0.05) is 34.4 Å². The van der Waals surface area contributed by atoms with E-state index in [1.165, 1.54) is 6.07 Å². The van der Waals surface area contributed by atoms with Crippen LogP contribution in [0.1, 0.15) is 16.1 Å². The lowest BCUT2D eigenvalue weighted by molar-refractivity contribution is 0.0965. The second-order valence-corrected chi connectivity index (χ2v) is 5.77. The third kappa shape index (κ3) is 3.53. The second-order valence-electron chi connectivity index (χ2n) is 4.95. The number of hydrogen-bond acceptors (Lipinski definition) is 4. The number of nitrogens with zero attached hydrogens (tertiary/aromatic N) is 1. The number of halogens is 2. The van der Waals surface area contributed by atoms with Gasteiger partial charge in [-0.15, -0.1) is 0 Å². The molecule has 24 heavy (non-hydrogen) atoms. The Morgan fingerprint density at radius 2 is 1.79 bits per heavy atom. The molecule has 0 atom stereocenters. The first-order chi connectivity index (χ1) is 11.5. The van der Waals surface area contributed by atoms with Gasteiger partial charge in [0.05, 0.1) is 0 Å². The molecule has 0 saturated carbocycles. The van der Waals surface area contributed by atoms with E-state index in [-0.39, 0.29) is 12.4 Å². The van der Waals surface area contributed by atoms with Gasteiger partial charge >= 0.3 is 0 Å². The maximum absolute atomic E-state index is 11.0. The van der Waals surface area contributed by atoms with E-state index in [9.17, 15) is 4.79 Å². The Morgan fingerprint density at radius 1 is 1.12 bits per heavy atom. The molecule has 2 N–H and O–H groups in total. The molecule has 5 nitrogen and oxygen atoms in total. The Hall–Kier alpha value is -2.50. The van der Waals surface area contributed by atoms with E-state index >= 15 is 0 Å². The van der Waals surface area contributed by atoms with Crippen molar-refractivity contribution in [3.8, 4) is 17.0 Å². The monoisotopic (exact) mass is 362 g/mol. The van der Waals surface area contributed by atoms with E-state index in [0.29, 0.717) is 21.5 Å². The van der Waals surface area contributed by atoms with Crippen molar-refractivity contribution in [2.24, 2.45) is 5.73 Å². The zero-order chi connectivity index (χ0) is 17.1.